The minimum atomic E-state index is -0.740. The van der Waals surface area contributed by atoms with Crippen molar-refractivity contribution in [2.75, 3.05) is 13.7 Å². The summed E-state index contributed by atoms with van der Waals surface area (Å²) in [4.78, 5) is 26.9. The Bertz CT molecular complexity index is 617. The molecule has 6 heteroatoms. The molecule has 1 saturated carbocycles. The zero-order valence-corrected chi connectivity index (χ0v) is 12.9. The average Bonchev–Trinajstić information content (AvgIpc) is 3.25. The summed E-state index contributed by atoms with van der Waals surface area (Å²) in [7, 11) is 1.89. The molecule has 3 rings (SSSR count). The molecular weight excluding hydrogens is 285 g/mol. The van der Waals surface area contributed by atoms with Crippen molar-refractivity contribution in [3.05, 3.63) is 35.6 Å². The van der Waals surface area contributed by atoms with Crippen molar-refractivity contribution in [1.29, 1.82) is 0 Å². The highest BCUT2D eigenvalue weighted by Gasteiger charge is 2.56. The minimum Gasteiger partial charge on any atom is -0.323 e. The van der Waals surface area contributed by atoms with Crippen LogP contribution >= 0.6 is 0 Å². The van der Waals surface area contributed by atoms with E-state index in [9.17, 15) is 14.0 Å². The standard InChI is InChI=1S/C16H20FN3O2/c1-16(12-6-7-12)14(21)20(15(22)18-16)10-19(2)9-11-4-3-5-13(17)8-11/h3-5,8,12H,6-7,9-10H2,1-2H3,(H,18,22)/p+1/t16-/m1/s1. The highest BCUT2D eigenvalue weighted by Crippen LogP contribution is 2.42. The number of benzene rings is 1. The molecular formula is C16H21FN3O2+. The van der Waals surface area contributed by atoms with Gasteiger partial charge in [0.15, 0.2) is 6.67 Å². The number of carbonyl (C=O) groups is 2. The van der Waals surface area contributed by atoms with Crippen LogP contribution in [0.4, 0.5) is 9.18 Å². The zero-order valence-electron chi connectivity index (χ0n) is 12.9. The Morgan fingerprint density at radius 2 is 2.14 bits per heavy atom. The van der Waals surface area contributed by atoms with Crippen LogP contribution < -0.4 is 10.2 Å². The minimum absolute atomic E-state index is 0.140. The lowest BCUT2D eigenvalue weighted by Crippen LogP contribution is -3.09. The molecule has 22 heavy (non-hydrogen) atoms. The second-order valence-electron chi connectivity index (χ2n) is 6.56. The third-order valence-electron chi connectivity index (χ3n) is 4.52. The van der Waals surface area contributed by atoms with Crippen molar-refractivity contribution in [2.45, 2.75) is 31.8 Å². The van der Waals surface area contributed by atoms with Crippen molar-refractivity contribution in [2.24, 2.45) is 5.92 Å². The van der Waals surface area contributed by atoms with Crippen LogP contribution in [0.3, 0.4) is 0 Å². The maximum Gasteiger partial charge on any atom is 0.329 e. The summed E-state index contributed by atoms with van der Waals surface area (Å²) >= 11 is 0. The van der Waals surface area contributed by atoms with Crippen molar-refractivity contribution in [3.8, 4) is 0 Å². The van der Waals surface area contributed by atoms with Crippen LogP contribution in [0.5, 0.6) is 0 Å². The summed E-state index contributed by atoms with van der Waals surface area (Å²) in [5.74, 6) is -0.155. The normalized spacial score (nSPS) is 26.2. The van der Waals surface area contributed by atoms with E-state index in [1.54, 1.807) is 6.07 Å². The van der Waals surface area contributed by atoms with Gasteiger partial charge in [0.25, 0.3) is 5.91 Å². The van der Waals surface area contributed by atoms with Gasteiger partial charge < -0.3 is 10.2 Å². The maximum atomic E-state index is 13.2. The Hall–Kier alpha value is -1.95. The highest BCUT2D eigenvalue weighted by atomic mass is 19.1. The number of hydrogen-bond acceptors (Lipinski definition) is 2. The summed E-state index contributed by atoms with van der Waals surface area (Å²) in [6.07, 6.45) is 1.98. The van der Waals surface area contributed by atoms with E-state index in [-0.39, 0.29) is 30.3 Å². The van der Waals surface area contributed by atoms with E-state index in [0.717, 1.165) is 23.3 Å². The Morgan fingerprint density at radius 3 is 2.77 bits per heavy atom. The molecule has 1 saturated heterocycles. The van der Waals surface area contributed by atoms with E-state index in [4.69, 9.17) is 0 Å². The SMILES string of the molecule is C[NH+](Cc1cccc(F)c1)CN1C(=O)N[C@](C)(C2CC2)C1=O. The summed E-state index contributed by atoms with van der Waals surface area (Å²) in [5, 5.41) is 2.83. The van der Waals surface area contributed by atoms with Gasteiger partial charge in [-0.2, -0.15) is 0 Å². The molecule has 2 aliphatic rings. The van der Waals surface area contributed by atoms with E-state index in [1.807, 2.05) is 20.0 Å². The Kier molecular flexibility index (Phi) is 3.64. The lowest BCUT2D eigenvalue weighted by atomic mass is 9.96. The van der Waals surface area contributed by atoms with Gasteiger partial charge in [0.2, 0.25) is 0 Å². The van der Waals surface area contributed by atoms with Crippen LogP contribution in [0.15, 0.2) is 24.3 Å². The topological polar surface area (TPSA) is 53.9 Å². The van der Waals surface area contributed by atoms with Crippen LogP contribution in [0.25, 0.3) is 0 Å². The molecule has 0 aromatic heterocycles. The van der Waals surface area contributed by atoms with Gasteiger partial charge in [-0.25, -0.2) is 14.1 Å². The number of quaternary nitrogens is 1. The molecule has 0 bridgehead atoms. The molecule has 1 aromatic rings. The fraction of sp³-hybridized carbons (Fsp3) is 0.500. The largest absolute Gasteiger partial charge is 0.329 e. The van der Waals surface area contributed by atoms with E-state index in [2.05, 4.69) is 5.32 Å². The first kappa shape index (κ1) is 15.0. The van der Waals surface area contributed by atoms with Crippen molar-refractivity contribution < 1.29 is 18.9 Å². The zero-order chi connectivity index (χ0) is 15.9. The fourth-order valence-corrected chi connectivity index (χ4v) is 3.12. The number of nitrogens with zero attached hydrogens (tertiary/aromatic N) is 1. The highest BCUT2D eigenvalue weighted by molar-refractivity contribution is 6.07. The predicted molar refractivity (Wildman–Crippen MR) is 78.4 cm³/mol. The fourth-order valence-electron chi connectivity index (χ4n) is 3.12. The van der Waals surface area contributed by atoms with Crippen LogP contribution in [0, 0.1) is 11.7 Å². The first-order valence-electron chi connectivity index (χ1n) is 7.60. The molecule has 5 nitrogen and oxygen atoms in total. The monoisotopic (exact) mass is 306 g/mol. The quantitative estimate of drug-likeness (QED) is 0.779. The molecule has 1 aliphatic heterocycles. The van der Waals surface area contributed by atoms with Gasteiger partial charge in [-0.1, -0.05) is 12.1 Å². The molecule has 118 valence electrons. The van der Waals surface area contributed by atoms with Crippen LogP contribution in [0.2, 0.25) is 0 Å². The third-order valence-corrected chi connectivity index (χ3v) is 4.52. The molecule has 2 fully saturated rings. The first-order valence-corrected chi connectivity index (χ1v) is 7.60. The van der Waals surface area contributed by atoms with E-state index in [1.165, 1.54) is 17.0 Å². The molecule has 2 N–H and O–H groups in total. The summed E-state index contributed by atoms with van der Waals surface area (Å²) in [6, 6.07) is 6.06. The van der Waals surface area contributed by atoms with Crippen molar-refractivity contribution >= 4 is 11.9 Å². The van der Waals surface area contributed by atoms with E-state index >= 15 is 0 Å². The van der Waals surface area contributed by atoms with Crippen LogP contribution in [-0.2, 0) is 11.3 Å². The molecule has 1 aliphatic carbocycles. The Labute approximate surface area is 129 Å². The molecule has 0 radical (unpaired) electrons. The van der Waals surface area contributed by atoms with E-state index < -0.39 is 5.54 Å². The molecule has 3 amide bonds. The smallest absolute Gasteiger partial charge is 0.323 e. The van der Waals surface area contributed by atoms with Gasteiger partial charge in [0, 0.05) is 5.56 Å². The van der Waals surface area contributed by atoms with Gasteiger partial charge >= 0.3 is 6.03 Å². The molecule has 1 unspecified atom stereocenters. The Morgan fingerprint density at radius 1 is 1.41 bits per heavy atom. The first-order chi connectivity index (χ1) is 10.4. The third kappa shape index (κ3) is 2.70. The number of hydrogen-bond donors (Lipinski definition) is 2. The molecule has 1 heterocycles. The van der Waals surface area contributed by atoms with Crippen LogP contribution in [-0.4, -0.2) is 36.1 Å². The second-order valence-corrected chi connectivity index (χ2v) is 6.56. The number of amides is 3. The van der Waals surface area contributed by atoms with Gasteiger partial charge in [0.05, 0.1) is 7.05 Å². The number of urea groups is 1. The van der Waals surface area contributed by atoms with Gasteiger partial charge in [-0.15, -0.1) is 0 Å². The van der Waals surface area contributed by atoms with Gasteiger partial charge in [0.1, 0.15) is 17.9 Å². The molecule has 0 spiro atoms. The number of imide groups is 1. The number of nitrogens with one attached hydrogen (secondary N) is 2. The lowest BCUT2D eigenvalue weighted by Gasteiger charge is -2.22. The van der Waals surface area contributed by atoms with Crippen LogP contribution in [0.1, 0.15) is 25.3 Å². The summed E-state index contributed by atoms with van der Waals surface area (Å²) < 4.78 is 13.2. The summed E-state index contributed by atoms with van der Waals surface area (Å²) in [6.45, 7) is 2.64. The van der Waals surface area contributed by atoms with E-state index in [0.29, 0.717) is 6.54 Å². The Balaban J connectivity index is 1.65. The van der Waals surface area contributed by atoms with Crippen molar-refractivity contribution in [1.82, 2.24) is 10.2 Å². The van der Waals surface area contributed by atoms with Gasteiger partial charge in [-0.3, -0.25) is 4.79 Å². The van der Waals surface area contributed by atoms with Gasteiger partial charge in [-0.05, 0) is 37.8 Å². The van der Waals surface area contributed by atoms with Crippen molar-refractivity contribution in [3.63, 3.8) is 0 Å². The summed E-state index contributed by atoms with van der Waals surface area (Å²) in [5.41, 5.74) is 0.102. The second kappa shape index (κ2) is 5.35. The number of rotatable bonds is 5. The molecule has 2 atom stereocenters. The maximum absolute atomic E-state index is 13.2. The molecule has 1 aromatic carbocycles. The number of halogens is 1. The lowest BCUT2D eigenvalue weighted by molar-refractivity contribution is -0.901. The predicted octanol–water partition coefficient (Wildman–Crippen LogP) is 0.518. The number of carbonyl (C=O) groups excluding carboxylic acids is 2. The average molecular weight is 306 g/mol.